The molecule has 2 atom stereocenters. The van der Waals surface area contributed by atoms with Gasteiger partial charge < -0.3 is 9.32 Å². The zero-order valence-corrected chi connectivity index (χ0v) is 15.4. The predicted molar refractivity (Wildman–Crippen MR) is 100 cm³/mol. The van der Waals surface area contributed by atoms with E-state index in [0.29, 0.717) is 16.5 Å². The normalized spacial score (nSPS) is 20.8. The average molecular weight is 353 g/mol. The molecule has 0 aliphatic carbocycles. The molecule has 0 unspecified atom stereocenters. The van der Waals surface area contributed by atoms with E-state index in [1.54, 1.807) is 10.7 Å². The van der Waals surface area contributed by atoms with Gasteiger partial charge in [0.25, 0.3) is 0 Å². The highest BCUT2D eigenvalue weighted by molar-refractivity contribution is 6.02. The van der Waals surface area contributed by atoms with Gasteiger partial charge in [-0.15, -0.1) is 0 Å². The molecule has 0 N–H and O–H groups in total. The van der Waals surface area contributed by atoms with Crippen LogP contribution in [0.2, 0.25) is 0 Å². The Balaban J connectivity index is 1.80. The summed E-state index contributed by atoms with van der Waals surface area (Å²) < 4.78 is 7.04. The van der Waals surface area contributed by atoms with Crippen LogP contribution in [-0.2, 0) is 11.3 Å². The second-order valence-electron chi connectivity index (χ2n) is 7.38. The van der Waals surface area contributed by atoms with E-state index in [4.69, 9.17) is 4.42 Å². The lowest BCUT2D eigenvalue weighted by molar-refractivity contribution is -0.138. The van der Waals surface area contributed by atoms with Crippen molar-refractivity contribution < 1.29 is 9.21 Å². The Morgan fingerprint density at radius 3 is 2.69 bits per heavy atom. The summed E-state index contributed by atoms with van der Waals surface area (Å²) in [5.74, 6) is 0.0451. The quantitative estimate of drug-likeness (QED) is 0.663. The molecule has 136 valence electrons. The molecule has 6 nitrogen and oxygen atoms in total. The number of piperidine rings is 1. The number of nitrogens with zero attached hydrogens (tertiary/aromatic N) is 3. The summed E-state index contributed by atoms with van der Waals surface area (Å²) in [5, 5.41) is 5.55. The maximum absolute atomic E-state index is 13.0. The molecule has 3 heterocycles. The Labute approximate surface area is 151 Å². The van der Waals surface area contributed by atoms with Crippen molar-refractivity contribution in [2.24, 2.45) is 0 Å². The van der Waals surface area contributed by atoms with E-state index in [0.717, 1.165) is 30.2 Å². The van der Waals surface area contributed by atoms with Crippen LogP contribution in [0.4, 0.5) is 0 Å². The SMILES string of the molecule is Cc1ccc2oc(=O)c3cnn(CC(=O)N4[C@@H](C)CCC[C@@H]4C)c3c2c1. The number of benzene rings is 1. The van der Waals surface area contributed by atoms with Crippen molar-refractivity contribution in [1.29, 1.82) is 0 Å². The summed E-state index contributed by atoms with van der Waals surface area (Å²) in [6.45, 7) is 6.31. The van der Waals surface area contributed by atoms with Gasteiger partial charge in [0.05, 0.1) is 11.7 Å². The molecule has 1 aliphatic heterocycles. The highest BCUT2D eigenvalue weighted by atomic mass is 16.4. The molecule has 4 rings (SSSR count). The van der Waals surface area contributed by atoms with Gasteiger partial charge in [0, 0.05) is 17.5 Å². The molecule has 1 amide bonds. The van der Waals surface area contributed by atoms with E-state index in [2.05, 4.69) is 18.9 Å². The molecule has 0 radical (unpaired) electrons. The van der Waals surface area contributed by atoms with Crippen LogP contribution in [0.3, 0.4) is 0 Å². The minimum Gasteiger partial charge on any atom is -0.422 e. The summed E-state index contributed by atoms with van der Waals surface area (Å²) >= 11 is 0. The number of carbonyl (C=O) groups excluding carboxylic acids is 1. The molecular weight excluding hydrogens is 330 g/mol. The lowest BCUT2D eigenvalue weighted by atomic mass is 9.97. The van der Waals surface area contributed by atoms with Crippen LogP contribution in [0.25, 0.3) is 21.9 Å². The van der Waals surface area contributed by atoms with Gasteiger partial charge in [-0.2, -0.15) is 5.10 Å². The number of aryl methyl sites for hydroxylation is 1. The first-order chi connectivity index (χ1) is 12.5. The predicted octanol–water partition coefficient (Wildman–Crippen LogP) is 3.24. The van der Waals surface area contributed by atoms with Crippen molar-refractivity contribution in [2.75, 3.05) is 0 Å². The first kappa shape index (κ1) is 16.8. The fraction of sp³-hybridized carbons (Fsp3) is 0.450. The van der Waals surface area contributed by atoms with Gasteiger partial charge in [-0.25, -0.2) is 4.79 Å². The molecule has 0 bridgehead atoms. The zero-order chi connectivity index (χ0) is 18.4. The molecule has 26 heavy (non-hydrogen) atoms. The summed E-state index contributed by atoms with van der Waals surface area (Å²) in [5.41, 5.74) is 1.83. The van der Waals surface area contributed by atoms with Crippen molar-refractivity contribution in [3.8, 4) is 0 Å². The molecule has 2 aromatic heterocycles. The highest BCUT2D eigenvalue weighted by Gasteiger charge is 2.29. The van der Waals surface area contributed by atoms with E-state index in [9.17, 15) is 9.59 Å². The third-order valence-electron chi connectivity index (χ3n) is 5.42. The van der Waals surface area contributed by atoms with Crippen LogP contribution >= 0.6 is 0 Å². The monoisotopic (exact) mass is 353 g/mol. The van der Waals surface area contributed by atoms with E-state index in [1.165, 1.54) is 6.20 Å². The summed E-state index contributed by atoms with van der Waals surface area (Å²) in [7, 11) is 0. The standard InChI is InChI=1S/C20H23N3O3/c1-12-7-8-17-15(9-12)19-16(20(25)26-17)10-21-22(19)11-18(24)23-13(2)5-4-6-14(23)3/h7-10,13-14H,4-6,11H2,1-3H3/t13-,14-/m0/s1. The Morgan fingerprint density at radius 1 is 1.23 bits per heavy atom. The Kier molecular flexibility index (Phi) is 4.05. The van der Waals surface area contributed by atoms with Crippen LogP contribution < -0.4 is 5.63 Å². The van der Waals surface area contributed by atoms with Crippen LogP contribution in [-0.4, -0.2) is 32.7 Å². The van der Waals surface area contributed by atoms with Crippen molar-refractivity contribution in [3.63, 3.8) is 0 Å². The number of aromatic nitrogens is 2. The molecule has 1 fully saturated rings. The summed E-state index contributed by atoms with van der Waals surface area (Å²) in [4.78, 5) is 27.2. The molecule has 0 spiro atoms. The minimum absolute atomic E-state index is 0.0451. The molecule has 1 saturated heterocycles. The molecule has 6 heteroatoms. The number of likely N-dealkylation sites (tertiary alicyclic amines) is 1. The summed E-state index contributed by atoms with van der Waals surface area (Å²) in [6.07, 6.45) is 4.71. The molecular formula is C20H23N3O3. The first-order valence-corrected chi connectivity index (χ1v) is 9.16. The van der Waals surface area contributed by atoms with Gasteiger partial charge in [0.15, 0.2) is 0 Å². The van der Waals surface area contributed by atoms with Gasteiger partial charge in [-0.05, 0) is 52.2 Å². The van der Waals surface area contributed by atoms with Gasteiger partial charge in [0.2, 0.25) is 5.91 Å². The third kappa shape index (κ3) is 2.69. The summed E-state index contributed by atoms with van der Waals surface area (Å²) in [6, 6.07) is 6.13. The Morgan fingerprint density at radius 2 is 1.96 bits per heavy atom. The zero-order valence-electron chi connectivity index (χ0n) is 15.4. The second kappa shape index (κ2) is 6.27. The van der Waals surface area contributed by atoms with Gasteiger partial charge in [0.1, 0.15) is 17.5 Å². The van der Waals surface area contributed by atoms with Crippen molar-refractivity contribution >= 4 is 27.8 Å². The minimum atomic E-state index is -0.422. The second-order valence-corrected chi connectivity index (χ2v) is 7.38. The Bertz CT molecular complexity index is 1040. The van der Waals surface area contributed by atoms with E-state index < -0.39 is 5.63 Å². The van der Waals surface area contributed by atoms with Crippen molar-refractivity contribution in [1.82, 2.24) is 14.7 Å². The van der Waals surface area contributed by atoms with Gasteiger partial charge in [-0.3, -0.25) is 9.48 Å². The smallest absolute Gasteiger partial charge is 0.347 e. The number of hydrogen-bond acceptors (Lipinski definition) is 4. The van der Waals surface area contributed by atoms with Crippen LogP contribution in [0.1, 0.15) is 38.7 Å². The van der Waals surface area contributed by atoms with Crippen LogP contribution in [0.15, 0.2) is 33.6 Å². The Hall–Kier alpha value is -2.63. The molecule has 1 aromatic carbocycles. The topological polar surface area (TPSA) is 68.3 Å². The molecule has 1 aliphatic rings. The van der Waals surface area contributed by atoms with Gasteiger partial charge >= 0.3 is 5.63 Å². The largest absolute Gasteiger partial charge is 0.422 e. The average Bonchev–Trinajstić information content (AvgIpc) is 3.00. The molecule has 3 aromatic rings. The number of amides is 1. The molecule has 0 saturated carbocycles. The highest BCUT2D eigenvalue weighted by Crippen LogP contribution is 2.26. The van der Waals surface area contributed by atoms with E-state index in [-0.39, 0.29) is 24.5 Å². The maximum Gasteiger partial charge on any atom is 0.347 e. The lowest BCUT2D eigenvalue weighted by Gasteiger charge is -2.39. The third-order valence-corrected chi connectivity index (χ3v) is 5.42. The van der Waals surface area contributed by atoms with E-state index in [1.807, 2.05) is 24.0 Å². The van der Waals surface area contributed by atoms with Crippen molar-refractivity contribution in [2.45, 2.75) is 58.7 Å². The van der Waals surface area contributed by atoms with E-state index >= 15 is 0 Å². The number of carbonyl (C=O) groups is 1. The first-order valence-electron chi connectivity index (χ1n) is 9.16. The van der Waals surface area contributed by atoms with Crippen LogP contribution in [0.5, 0.6) is 0 Å². The van der Waals surface area contributed by atoms with Crippen LogP contribution in [0, 0.1) is 6.92 Å². The lowest BCUT2D eigenvalue weighted by Crippen LogP contribution is -2.48. The number of fused-ring (bicyclic) bond motifs is 3. The van der Waals surface area contributed by atoms with Crippen molar-refractivity contribution in [3.05, 3.63) is 40.4 Å². The fourth-order valence-corrected chi connectivity index (χ4v) is 4.13. The van der Waals surface area contributed by atoms with Gasteiger partial charge in [-0.1, -0.05) is 11.6 Å². The fourth-order valence-electron chi connectivity index (χ4n) is 4.13. The number of hydrogen-bond donors (Lipinski definition) is 0. The maximum atomic E-state index is 13.0. The number of rotatable bonds is 2.